The van der Waals surface area contributed by atoms with E-state index in [2.05, 4.69) is 5.32 Å². The maximum Gasteiger partial charge on any atom is 0.121 e. The van der Waals surface area contributed by atoms with Gasteiger partial charge in [0.15, 0.2) is 0 Å². The minimum atomic E-state index is 0.0694. The van der Waals surface area contributed by atoms with Crippen LogP contribution in [0.4, 0.5) is 5.69 Å². The molecule has 0 amide bonds. The summed E-state index contributed by atoms with van der Waals surface area (Å²) in [6, 6.07) is 17.8. The van der Waals surface area contributed by atoms with E-state index in [-0.39, 0.29) is 6.10 Å². The number of rotatable bonds is 10. The summed E-state index contributed by atoms with van der Waals surface area (Å²) in [5.74, 6) is 1.72. The Morgan fingerprint density at radius 2 is 1.74 bits per heavy atom. The van der Waals surface area contributed by atoms with E-state index in [0.717, 1.165) is 23.7 Å². The third-order valence-corrected chi connectivity index (χ3v) is 3.21. The van der Waals surface area contributed by atoms with Crippen molar-refractivity contribution in [2.45, 2.75) is 20.0 Å². The zero-order chi connectivity index (χ0) is 16.3. The molecule has 1 unspecified atom stereocenters. The fourth-order valence-corrected chi connectivity index (χ4v) is 2.09. The SMILES string of the molecule is CCOCCOc1cccc(NCC(C)Oc2ccccc2)c1. The molecular weight excluding hydrogens is 290 g/mol. The quantitative estimate of drug-likeness (QED) is 0.673. The average molecular weight is 315 g/mol. The molecule has 2 aromatic carbocycles. The van der Waals surface area contributed by atoms with Crippen molar-refractivity contribution in [3.05, 3.63) is 54.6 Å². The number of nitrogens with one attached hydrogen (secondary N) is 1. The lowest BCUT2D eigenvalue weighted by Crippen LogP contribution is -2.22. The van der Waals surface area contributed by atoms with Crippen molar-refractivity contribution >= 4 is 5.69 Å². The Kier molecular flexibility index (Phi) is 7.27. The topological polar surface area (TPSA) is 39.7 Å². The summed E-state index contributed by atoms with van der Waals surface area (Å²) in [6.07, 6.45) is 0.0694. The van der Waals surface area contributed by atoms with E-state index in [1.54, 1.807) is 0 Å². The van der Waals surface area contributed by atoms with Gasteiger partial charge in [0.05, 0.1) is 13.2 Å². The first-order valence-electron chi connectivity index (χ1n) is 8.04. The van der Waals surface area contributed by atoms with Crippen LogP contribution < -0.4 is 14.8 Å². The summed E-state index contributed by atoms with van der Waals surface area (Å²) < 4.78 is 16.8. The van der Waals surface area contributed by atoms with Crippen molar-refractivity contribution in [2.24, 2.45) is 0 Å². The summed E-state index contributed by atoms with van der Waals surface area (Å²) in [7, 11) is 0. The molecule has 0 aliphatic carbocycles. The molecule has 4 nitrogen and oxygen atoms in total. The molecule has 4 heteroatoms. The second kappa shape index (κ2) is 9.74. The molecule has 0 bridgehead atoms. The normalized spacial score (nSPS) is 11.7. The summed E-state index contributed by atoms with van der Waals surface area (Å²) in [6.45, 7) is 6.62. The summed E-state index contributed by atoms with van der Waals surface area (Å²) >= 11 is 0. The molecule has 0 heterocycles. The Balaban J connectivity index is 1.76. The number of para-hydroxylation sites is 1. The van der Waals surface area contributed by atoms with Gasteiger partial charge in [-0.1, -0.05) is 24.3 Å². The standard InChI is InChI=1S/C19H25NO3/c1-3-21-12-13-22-19-11-7-8-17(14-19)20-15-16(2)23-18-9-5-4-6-10-18/h4-11,14,16,20H,3,12-13,15H2,1-2H3. The molecule has 0 fully saturated rings. The lowest BCUT2D eigenvalue weighted by molar-refractivity contribution is 0.110. The van der Waals surface area contributed by atoms with Crippen LogP contribution in [0.25, 0.3) is 0 Å². The summed E-state index contributed by atoms with van der Waals surface area (Å²) in [5, 5.41) is 3.37. The Bertz CT molecular complexity index is 560. The third-order valence-electron chi connectivity index (χ3n) is 3.21. The van der Waals surface area contributed by atoms with Gasteiger partial charge >= 0.3 is 0 Å². The highest BCUT2D eigenvalue weighted by Gasteiger charge is 2.04. The van der Waals surface area contributed by atoms with E-state index in [9.17, 15) is 0 Å². The van der Waals surface area contributed by atoms with Crippen LogP contribution in [0.2, 0.25) is 0 Å². The van der Waals surface area contributed by atoms with Gasteiger partial charge < -0.3 is 19.5 Å². The minimum absolute atomic E-state index is 0.0694. The minimum Gasteiger partial charge on any atom is -0.491 e. The van der Waals surface area contributed by atoms with Crippen molar-refractivity contribution in [2.75, 3.05) is 31.7 Å². The Morgan fingerprint density at radius 3 is 2.52 bits per heavy atom. The van der Waals surface area contributed by atoms with Crippen molar-refractivity contribution in [3.8, 4) is 11.5 Å². The fraction of sp³-hybridized carbons (Fsp3) is 0.368. The van der Waals surface area contributed by atoms with Crippen molar-refractivity contribution in [3.63, 3.8) is 0 Å². The van der Waals surface area contributed by atoms with Gasteiger partial charge in [0.2, 0.25) is 0 Å². The van der Waals surface area contributed by atoms with Crippen LogP contribution in [0, 0.1) is 0 Å². The summed E-state index contributed by atoms with van der Waals surface area (Å²) in [4.78, 5) is 0. The molecule has 0 aromatic heterocycles. The van der Waals surface area contributed by atoms with Crippen LogP contribution in [-0.4, -0.2) is 32.5 Å². The molecule has 2 rings (SSSR count). The van der Waals surface area contributed by atoms with Crippen LogP contribution in [0.5, 0.6) is 11.5 Å². The van der Waals surface area contributed by atoms with Gasteiger partial charge in [0.1, 0.15) is 24.2 Å². The Labute approximate surface area is 138 Å². The highest BCUT2D eigenvalue weighted by atomic mass is 16.5. The zero-order valence-corrected chi connectivity index (χ0v) is 13.8. The fourth-order valence-electron chi connectivity index (χ4n) is 2.09. The smallest absolute Gasteiger partial charge is 0.121 e. The van der Waals surface area contributed by atoms with Crippen LogP contribution in [0.15, 0.2) is 54.6 Å². The molecule has 1 atom stereocenters. The number of benzene rings is 2. The lowest BCUT2D eigenvalue weighted by atomic mass is 10.3. The van der Waals surface area contributed by atoms with E-state index < -0.39 is 0 Å². The lowest BCUT2D eigenvalue weighted by Gasteiger charge is -2.16. The van der Waals surface area contributed by atoms with Gasteiger partial charge in [-0.15, -0.1) is 0 Å². The molecule has 0 aliphatic rings. The van der Waals surface area contributed by atoms with Gasteiger partial charge in [-0.05, 0) is 38.1 Å². The van der Waals surface area contributed by atoms with Crippen molar-refractivity contribution in [1.82, 2.24) is 0 Å². The second-order valence-corrected chi connectivity index (χ2v) is 5.20. The molecule has 0 radical (unpaired) electrons. The van der Waals surface area contributed by atoms with Crippen molar-refractivity contribution in [1.29, 1.82) is 0 Å². The van der Waals surface area contributed by atoms with E-state index in [4.69, 9.17) is 14.2 Å². The third kappa shape index (κ3) is 6.61. The van der Waals surface area contributed by atoms with Gasteiger partial charge in [-0.3, -0.25) is 0 Å². The molecule has 0 saturated carbocycles. The molecule has 124 valence electrons. The van der Waals surface area contributed by atoms with Crippen LogP contribution in [-0.2, 0) is 4.74 Å². The second-order valence-electron chi connectivity index (χ2n) is 5.20. The number of ether oxygens (including phenoxy) is 3. The van der Waals surface area contributed by atoms with Gasteiger partial charge in [0.25, 0.3) is 0 Å². The van der Waals surface area contributed by atoms with Gasteiger partial charge in [-0.2, -0.15) is 0 Å². The van der Waals surface area contributed by atoms with Crippen molar-refractivity contribution < 1.29 is 14.2 Å². The first kappa shape index (κ1) is 17.2. The van der Waals surface area contributed by atoms with Gasteiger partial charge in [0, 0.05) is 18.4 Å². The highest BCUT2D eigenvalue weighted by Crippen LogP contribution is 2.18. The van der Waals surface area contributed by atoms with Crippen LogP contribution in [0.1, 0.15) is 13.8 Å². The van der Waals surface area contributed by atoms with E-state index in [0.29, 0.717) is 19.8 Å². The van der Waals surface area contributed by atoms with E-state index in [1.807, 2.05) is 68.4 Å². The molecule has 0 saturated heterocycles. The Morgan fingerprint density at radius 1 is 0.957 bits per heavy atom. The molecule has 0 spiro atoms. The molecular formula is C19H25NO3. The first-order chi connectivity index (χ1) is 11.3. The largest absolute Gasteiger partial charge is 0.491 e. The predicted molar refractivity (Wildman–Crippen MR) is 93.5 cm³/mol. The highest BCUT2D eigenvalue weighted by molar-refractivity contribution is 5.48. The van der Waals surface area contributed by atoms with E-state index in [1.165, 1.54) is 0 Å². The predicted octanol–water partition coefficient (Wildman–Crippen LogP) is 3.98. The summed E-state index contributed by atoms with van der Waals surface area (Å²) in [5.41, 5.74) is 1.02. The average Bonchev–Trinajstić information content (AvgIpc) is 2.58. The first-order valence-corrected chi connectivity index (χ1v) is 8.04. The number of hydrogen-bond acceptors (Lipinski definition) is 4. The monoisotopic (exact) mass is 315 g/mol. The van der Waals surface area contributed by atoms with Gasteiger partial charge in [-0.25, -0.2) is 0 Å². The molecule has 23 heavy (non-hydrogen) atoms. The van der Waals surface area contributed by atoms with E-state index >= 15 is 0 Å². The maximum absolute atomic E-state index is 5.85. The molecule has 1 N–H and O–H groups in total. The Hall–Kier alpha value is -2.20. The number of anilines is 1. The van der Waals surface area contributed by atoms with Crippen LogP contribution in [0.3, 0.4) is 0 Å². The number of hydrogen-bond donors (Lipinski definition) is 1. The van der Waals surface area contributed by atoms with Crippen LogP contribution >= 0.6 is 0 Å². The maximum atomic E-state index is 5.85. The molecule has 2 aromatic rings. The molecule has 0 aliphatic heterocycles. The zero-order valence-electron chi connectivity index (χ0n) is 13.8.